The molecule has 0 heterocycles. The van der Waals surface area contributed by atoms with Gasteiger partial charge in [0, 0.05) is 18.3 Å². The van der Waals surface area contributed by atoms with Gasteiger partial charge in [-0.3, -0.25) is 4.99 Å². The molecule has 0 amide bonds. The molecule has 142 valence electrons. The van der Waals surface area contributed by atoms with E-state index in [2.05, 4.69) is 4.99 Å². The third-order valence-corrected chi connectivity index (χ3v) is 4.21. The molecule has 2 aromatic carbocycles. The second kappa shape index (κ2) is 10.1. The van der Waals surface area contributed by atoms with Gasteiger partial charge in [0.25, 0.3) is 0 Å². The summed E-state index contributed by atoms with van der Waals surface area (Å²) >= 11 is 11.7. The van der Waals surface area contributed by atoms with E-state index < -0.39 is 17.5 Å². The lowest BCUT2D eigenvalue weighted by Crippen LogP contribution is -2.12. The number of carbonyl (C=O) groups is 1. The fourth-order valence-electron chi connectivity index (χ4n) is 2.26. The second-order valence-corrected chi connectivity index (χ2v) is 6.31. The van der Waals surface area contributed by atoms with Gasteiger partial charge in [0.15, 0.2) is 0 Å². The second-order valence-electron chi connectivity index (χ2n) is 5.50. The SMILES string of the molecule is CCOC(=O)C(C=NCCc1ccccc1)=C(O)c1cc(F)c(Cl)cc1Cl. The largest absolute Gasteiger partial charge is 0.506 e. The van der Waals surface area contributed by atoms with Gasteiger partial charge in [-0.1, -0.05) is 53.5 Å². The Balaban J connectivity index is 2.30. The minimum atomic E-state index is -0.787. The highest BCUT2D eigenvalue weighted by atomic mass is 35.5. The van der Waals surface area contributed by atoms with Crippen molar-refractivity contribution >= 4 is 41.1 Å². The van der Waals surface area contributed by atoms with E-state index in [0.717, 1.165) is 17.7 Å². The lowest BCUT2D eigenvalue weighted by atomic mass is 10.1. The summed E-state index contributed by atoms with van der Waals surface area (Å²) in [6.45, 7) is 2.13. The molecular weight excluding hydrogens is 392 g/mol. The topological polar surface area (TPSA) is 58.9 Å². The van der Waals surface area contributed by atoms with Gasteiger partial charge in [-0.05, 0) is 31.0 Å². The molecule has 1 N–H and O–H groups in total. The molecule has 0 fully saturated rings. The lowest BCUT2D eigenvalue weighted by molar-refractivity contribution is -0.137. The van der Waals surface area contributed by atoms with Crippen molar-refractivity contribution in [2.75, 3.05) is 13.2 Å². The van der Waals surface area contributed by atoms with Crippen molar-refractivity contribution < 1.29 is 19.0 Å². The van der Waals surface area contributed by atoms with Gasteiger partial charge in [-0.2, -0.15) is 0 Å². The predicted molar refractivity (Wildman–Crippen MR) is 106 cm³/mol. The average Bonchev–Trinajstić information content (AvgIpc) is 2.65. The molecule has 0 aliphatic heterocycles. The van der Waals surface area contributed by atoms with E-state index >= 15 is 0 Å². The van der Waals surface area contributed by atoms with Crippen LogP contribution in [0.3, 0.4) is 0 Å². The Kier molecular flexibility index (Phi) is 7.82. The fraction of sp³-hybridized carbons (Fsp3) is 0.200. The van der Waals surface area contributed by atoms with Crippen LogP contribution in [0.25, 0.3) is 5.76 Å². The molecule has 0 aliphatic rings. The van der Waals surface area contributed by atoms with Gasteiger partial charge >= 0.3 is 5.97 Å². The van der Waals surface area contributed by atoms with Crippen LogP contribution < -0.4 is 0 Å². The third kappa shape index (κ3) is 5.81. The molecule has 0 aliphatic carbocycles. The van der Waals surface area contributed by atoms with Crippen molar-refractivity contribution in [1.82, 2.24) is 0 Å². The Labute approximate surface area is 166 Å². The molecule has 2 aromatic rings. The first kappa shape index (κ1) is 20.9. The molecule has 0 spiro atoms. The molecular formula is C20H18Cl2FNO3. The van der Waals surface area contributed by atoms with Crippen LogP contribution in [-0.4, -0.2) is 30.4 Å². The molecule has 0 saturated carbocycles. The number of ether oxygens (including phenoxy) is 1. The summed E-state index contributed by atoms with van der Waals surface area (Å²) in [5.74, 6) is -2.09. The smallest absolute Gasteiger partial charge is 0.343 e. The number of halogens is 3. The summed E-state index contributed by atoms with van der Waals surface area (Å²) in [6.07, 6.45) is 1.86. The van der Waals surface area contributed by atoms with Crippen molar-refractivity contribution in [3.8, 4) is 0 Å². The molecule has 27 heavy (non-hydrogen) atoms. The van der Waals surface area contributed by atoms with Crippen LogP contribution in [0.4, 0.5) is 4.39 Å². The van der Waals surface area contributed by atoms with Crippen LogP contribution in [0.2, 0.25) is 10.0 Å². The first-order valence-corrected chi connectivity index (χ1v) is 8.98. The normalized spacial score (nSPS) is 12.1. The Morgan fingerprint density at radius 1 is 1.22 bits per heavy atom. The number of rotatable bonds is 7. The summed E-state index contributed by atoms with van der Waals surface area (Å²) in [4.78, 5) is 16.4. The molecule has 0 atom stereocenters. The third-order valence-electron chi connectivity index (χ3n) is 3.61. The van der Waals surface area contributed by atoms with Crippen molar-refractivity contribution in [2.45, 2.75) is 13.3 Å². The van der Waals surface area contributed by atoms with Crippen LogP contribution in [0, 0.1) is 5.82 Å². The number of carbonyl (C=O) groups excluding carboxylic acids is 1. The number of aliphatic hydroxyl groups is 1. The van der Waals surface area contributed by atoms with Crippen molar-refractivity contribution in [2.24, 2.45) is 4.99 Å². The van der Waals surface area contributed by atoms with E-state index in [1.807, 2.05) is 30.3 Å². The minimum Gasteiger partial charge on any atom is -0.506 e. The summed E-state index contributed by atoms with van der Waals surface area (Å²) in [7, 11) is 0. The number of benzene rings is 2. The number of esters is 1. The van der Waals surface area contributed by atoms with Crippen molar-refractivity contribution in [3.63, 3.8) is 0 Å². The molecule has 2 rings (SSSR count). The molecule has 7 heteroatoms. The molecule has 0 unspecified atom stereocenters. The highest BCUT2D eigenvalue weighted by Crippen LogP contribution is 2.29. The van der Waals surface area contributed by atoms with Crippen LogP contribution in [0.1, 0.15) is 18.1 Å². The molecule has 0 saturated heterocycles. The predicted octanol–water partition coefficient (Wildman–Crippen LogP) is 5.28. The molecule has 0 aromatic heterocycles. The van der Waals surface area contributed by atoms with Crippen LogP contribution in [0.15, 0.2) is 53.0 Å². The maximum absolute atomic E-state index is 13.8. The van der Waals surface area contributed by atoms with Gasteiger partial charge in [0.2, 0.25) is 0 Å². The highest BCUT2D eigenvalue weighted by Gasteiger charge is 2.19. The summed E-state index contributed by atoms with van der Waals surface area (Å²) in [6, 6.07) is 11.8. The van der Waals surface area contributed by atoms with Gasteiger partial charge in [-0.15, -0.1) is 0 Å². The zero-order valence-electron chi connectivity index (χ0n) is 14.6. The molecule has 0 radical (unpaired) electrons. The highest BCUT2D eigenvalue weighted by molar-refractivity contribution is 6.36. The van der Waals surface area contributed by atoms with Crippen molar-refractivity contribution in [1.29, 1.82) is 0 Å². The summed E-state index contributed by atoms with van der Waals surface area (Å²) in [5.41, 5.74) is 0.799. The average molecular weight is 410 g/mol. The summed E-state index contributed by atoms with van der Waals surface area (Å²) in [5, 5.41) is 10.3. The fourth-order valence-corrected chi connectivity index (χ4v) is 2.74. The van der Waals surface area contributed by atoms with Crippen molar-refractivity contribution in [3.05, 3.63) is 75.0 Å². The number of aliphatic hydroxyl groups excluding tert-OH is 1. The van der Waals surface area contributed by atoms with E-state index in [-0.39, 0.29) is 27.8 Å². The van der Waals surface area contributed by atoms with Gasteiger partial charge in [0.05, 0.1) is 16.7 Å². The zero-order valence-corrected chi connectivity index (χ0v) is 16.1. The Bertz CT molecular complexity index is 867. The quantitative estimate of drug-likeness (QED) is 0.222. The maximum Gasteiger partial charge on any atom is 0.343 e. The minimum absolute atomic E-state index is 0.00150. The van der Waals surface area contributed by atoms with Crippen LogP contribution in [-0.2, 0) is 16.0 Å². The van der Waals surface area contributed by atoms with E-state index in [4.69, 9.17) is 27.9 Å². The van der Waals surface area contributed by atoms with E-state index in [9.17, 15) is 14.3 Å². The van der Waals surface area contributed by atoms with E-state index in [1.165, 1.54) is 6.21 Å². The Hall–Kier alpha value is -2.37. The zero-order chi connectivity index (χ0) is 19.8. The molecule has 0 bridgehead atoms. The molecule has 4 nitrogen and oxygen atoms in total. The van der Waals surface area contributed by atoms with E-state index in [0.29, 0.717) is 13.0 Å². The first-order valence-electron chi connectivity index (χ1n) is 8.23. The standard InChI is InChI=1S/C20H18Cl2FNO3/c1-2-27-20(26)15(12-24-9-8-13-6-4-3-5-7-13)19(25)14-10-18(23)17(22)11-16(14)21/h3-7,10-12,25H,2,8-9H2,1H3. The summed E-state index contributed by atoms with van der Waals surface area (Å²) < 4.78 is 18.7. The maximum atomic E-state index is 13.8. The first-order chi connectivity index (χ1) is 12.9. The van der Waals surface area contributed by atoms with Crippen LogP contribution >= 0.6 is 23.2 Å². The Morgan fingerprint density at radius 2 is 1.93 bits per heavy atom. The monoisotopic (exact) mass is 409 g/mol. The number of hydrogen-bond donors (Lipinski definition) is 1. The van der Waals surface area contributed by atoms with Gasteiger partial charge in [0.1, 0.15) is 17.1 Å². The lowest BCUT2D eigenvalue weighted by Gasteiger charge is -2.09. The van der Waals surface area contributed by atoms with E-state index in [1.54, 1.807) is 6.92 Å². The Morgan fingerprint density at radius 3 is 2.59 bits per heavy atom. The number of nitrogens with zero attached hydrogens (tertiary/aromatic N) is 1. The van der Waals surface area contributed by atoms with Gasteiger partial charge in [-0.25, -0.2) is 9.18 Å². The number of aliphatic imine (C=N–C) groups is 1. The number of hydrogen-bond acceptors (Lipinski definition) is 4. The van der Waals surface area contributed by atoms with Crippen LogP contribution in [0.5, 0.6) is 0 Å². The van der Waals surface area contributed by atoms with Gasteiger partial charge < -0.3 is 9.84 Å².